The summed E-state index contributed by atoms with van der Waals surface area (Å²) in [5, 5.41) is 21.8. The van der Waals surface area contributed by atoms with E-state index in [-0.39, 0.29) is 5.92 Å². The van der Waals surface area contributed by atoms with Crippen LogP contribution in [-0.2, 0) is 14.4 Å². The Bertz CT molecular complexity index is 332. The molecule has 0 aliphatic rings. The van der Waals surface area contributed by atoms with Crippen molar-refractivity contribution in [1.29, 1.82) is 0 Å². The van der Waals surface area contributed by atoms with Crippen LogP contribution in [0.15, 0.2) is 0 Å². The van der Waals surface area contributed by atoms with Crippen molar-refractivity contribution in [2.24, 2.45) is 11.7 Å². The fraction of sp³-hybridized carbons (Fsp3) is 0.727. The highest BCUT2D eigenvalue weighted by molar-refractivity contribution is 5.90. The lowest BCUT2D eigenvalue weighted by molar-refractivity contribution is -0.138. The molecule has 2 amide bonds. The SMILES string of the molecule is CC(C)CC(NC(=O)C(N)CO)C(=O)NCC(=O)O. The molecule has 0 saturated carbocycles. The molecule has 0 aliphatic carbocycles. The number of carboxylic acid groups (broad SMARTS) is 1. The van der Waals surface area contributed by atoms with Crippen molar-refractivity contribution in [1.82, 2.24) is 10.6 Å². The molecule has 0 fully saturated rings. The van der Waals surface area contributed by atoms with Crippen LogP contribution in [0.5, 0.6) is 0 Å². The summed E-state index contributed by atoms with van der Waals surface area (Å²) in [6.07, 6.45) is 0.343. The average Bonchev–Trinajstić information content (AvgIpc) is 2.33. The van der Waals surface area contributed by atoms with Crippen molar-refractivity contribution < 1.29 is 24.6 Å². The molecule has 0 heterocycles. The van der Waals surface area contributed by atoms with Crippen LogP contribution < -0.4 is 16.4 Å². The Balaban J connectivity index is 4.57. The van der Waals surface area contributed by atoms with Crippen molar-refractivity contribution >= 4 is 17.8 Å². The van der Waals surface area contributed by atoms with Gasteiger partial charge >= 0.3 is 5.97 Å². The number of aliphatic hydroxyl groups excluding tert-OH is 1. The summed E-state index contributed by atoms with van der Waals surface area (Å²) in [5.41, 5.74) is 5.33. The molecular weight excluding hydrogens is 254 g/mol. The predicted octanol–water partition coefficient (Wildman–Crippen LogP) is -1.96. The molecule has 0 bridgehead atoms. The van der Waals surface area contributed by atoms with Gasteiger partial charge in [0.05, 0.1) is 6.61 Å². The fourth-order valence-corrected chi connectivity index (χ4v) is 1.35. The second-order valence-electron chi connectivity index (χ2n) is 4.59. The molecule has 19 heavy (non-hydrogen) atoms. The van der Waals surface area contributed by atoms with Crippen LogP contribution in [0, 0.1) is 5.92 Å². The maximum absolute atomic E-state index is 11.7. The molecule has 0 spiro atoms. The monoisotopic (exact) mass is 275 g/mol. The molecule has 110 valence electrons. The van der Waals surface area contributed by atoms with Crippen LogP contribution in [0.4, 0.5) is 0 Å². The molecule has 0 rings (SSSR count). The van der Waals surface area contributed by atoms with Gasteiger partial charge in [0.15, 0.2) is 0 Å². The van der Waals surface area contributed by atoms with E-state index in [0.717, 1.165) is 0 Å². The van der Waals surface area contributed by atoms with Gasteiger partial charge in [0, 0.05) is 0 Å². The Hall–Kier alpha value is -1.67. The molecule has 0 radical (unpaired) electrons. The molecule has 0 aromatic carbocycles. The first kappa shape index (κ1) is 17.3. The zero-order chi connectivity index (χ0) is 15.0. The number of hydrogen-bond acceptors (Lipinski definition) is 5. The number of carbonyl (C=O) groups is 3. The van der Waals surface area contributed by atoms with E-state index in [4.69, 9.17) is 15.9 Å². The number of nitrogens with two attached hydrogens (primary N) is 1. The first-order valence-electron chi connectivity index (χ1n) is 5.94. The van der Waals surface area contributed by atoms with Gasteiger partial charge < -0.3 is 26.6 Å². The fourth-order valence-electron chi connectivity index (χ4n) is 1.35. The van der Waals surface area contributed by atoms with Gasteiger partial charge in [0.25, 0.3) is 0 Å². The topological polar surface area (TPSA) is 142 Å². The lowest BCUT2D eigenvalue weighted by Crippen LogP contribution is -2.53. The van der Waals surface area contributed by atoms with Crippen molar-refractivity contribution in [3.05, 3.63) is 0 Å². The minimum absolute atomic E-state index is 0.117. The van der Waals surface area contributed by atoms with Crippen LogP contribution in [0.2, 0.25) is 0 Å². The third-order valence-electron chi connectivity index (χ3n) is 2.29. The first-order chi connectivity index (χ1) is 8.77. The average molecular weight is 275 g/mol. The number of nitrogens with one attached hydrogen (secondary N) is 2. The first-order valence-corrected chi connectivity index (χ1v) is 5.94. The summed E-state index contributed by atoms with van der Waals surface area (Å²) in [6, 6.07) is -1.98. The van der Waals surface area contributed by atoms with E-state index < -0.39 is 43.0 Å². The molecule has 0 saturated heterocycles. The second kappa shape index (κ2) is 8.44. The van der Waals surface area contributed by atoms with Gasteiger partial charge in [-0.3, -0.25) is 14.4 Å². The lowest BCUT2D eigenvalue weighted by atomic mass is 10.0. The lowest BCUT2D eigenvalue weighted by Gasteiger charge is -2.21. The van der Waals surface area contributed by atoms with Gasteiger partial charge in [0.2, 0.25) is 11.8 Å². The Labute approximate surface area is 111 Å². The standard InChI is InChI=1S/C11H21N3O5/c1-6(2)3-8(11(19)13-4-9(16)17)14-10(18)7(12)5-15/h6-8,15H,3-5,12H2,1-2H3,(H,13,19)(H,14,18)(H,16,17). The van der Waals surface area contributed by atoms with Crippen LogP contribution in [0.3, 0.4) is 0 Å². The number of rotatable bonds is 8. The Morgan fingerprint density at radius 1 is 1.21 bits per heavy atom. The zero-order valence-corrected chi connectivity index (χ0v) is 11.0. The number of aliphatic hydroxyl groups is 1. The van der Waals surface area contributed by atoms with Crippen LogP contribution in [0.1, 0.15) is 20.3 Å². The molecule has 8 heteroatoms. The van der Waals surface area contributed by atoms with Gasteiger partial charge in [-0.2, -0.15) is 0 Å². The zero-order valence-electron chi connectivity index (χ0n) is 11.0. The van der Waals surface area contributed by atoms with Gasteiger partial charge in [-0.1, -0.05) is 13.8 Å². The molecule has 2 atom stereocenters. The predicted molar refractivity (Wildman–Crippen MR) is 67.1 cm³/mol. The number of carbonyl (C=O) groups excluding carboxylic acids is 2. The van der Waals surface area contributed by atoms with Crippen molar-refractivity contribution in [3.8, 4) is 0 Å². The molecular formula is C11H21N3O5. The third kappa shape index (κ3) is 7.37. The van der Waals surface area contributed by atoms with Crippen molar-refractivity contribution in [2.75, 3.05) is 13.2 Å². The molecule has 0 aromatic rings. The molecule has 8 nitrogen and oxygen atoms in total. The normalized spacial score (nSPS) is 13.7. The number of hydrogen-bond donors (Lipinski definition) is 5. The van der Waals surface area contributed by atoms with Gasteiger partial charge in [-0.25, -0.2) is 0 Å². The van der Waals surface area contributed by atoms with E-state index in [0.29, 0.717) is 6.42 Å². The van der Waals surface area contributed by atoms with Crippen molar-refractivity contribution in [3.63, 3.8) is 0 Å². The highest BCUT2D eigenvalue weighted by Gasteiger charge is 2.24. The van der Waals surface area contributed by atoms with Gasteiger partial charge in [-0.15, -0.1) is 0 Å². The van der Waals surface area contributed by atoms with Crippen LogP contribution in [-0.4, -0.2) is 53.2 Å². The molecule has 2 unspecified atom stereocenters. The van der Waals surface area contributed by atoms with Gasteiger partial charge in [-0.05, 0) is 12.3 Å². The summed E-state index contributed by atoms with van der Waals surface area (Å²) in [6.45, 7) is 2.66. The third-order valence-corrected chi connectivity index (χ3v) is 2.29. The van der Waals surface area contributed by atoms with E-state index in [1.54, 1.807) is 0 Å². The number of amides is 2. The van der Waals surface area contributed by atoms with E-state index in [1.165, 1.54) is 0 Å². The summed E-state index contributed by atoms with van der Waals surface area (Å²) in [5.74, 6) is -2.30. The quantitative estimate of drug-likeness (QED) is 0.348. The van der Waals surface area contributed by atoms with E-state index >= 15 is 0 Å². The minimum Gasteiger partial charge on any atom is -0.480 e. The Kier molecular flexibility index (Phi) is 7.69. The highest BCUT2D eigenvalue weighted by atomic mass is 16.4. The number of aliphatic carboxylic acids is 1. The summed E-state index contributed by atoms with van der Waals surface area (Å²) < 4.78 is 0. The maximum atomic E-state index is 11.7. The van der Waals surface area contributed by atoms with E-state index in [2.05, 4.69) is 10.6 Å². The maximum Gasteiger partial charge on any atom is 0.322 e. The van der Waals surface area contributed by atoms with Gasteiger partial charge in [0.1, 0.15) is 18.6 Å². The van der Waals surface area contributed by atoms with Crippen LogP contribution in [0.25, 0.3) is 0 Å². The number of carboxylic acids is 1. The summed E-state index contributed by atoms with van der Waals surface area (Å²) >= 11 is 0. The largest absolute Gasteiger partial charge is 0.480 e. The Morgan fingerprint density at radius 2 is 1.79 bits per heavy atom. The second-order valence-corrected chi connectivity index (χ2v) is 4.59. The molecule has 0 aliphatic heterocycles. The van der Waals surface area contributed by atoms with E-state index in [9.17, 15) is 14.4 Å². The highest BCUT2D eigenvalue weighted by Crippen LogP contribution is 2.05. The van der Waals surface area contributed by atoms with Crippen LogP contribution >= 0.6 is 0 Å². The molecule has 6 N–H and O–H groups in total. The smallest absolute Gasteiger partial charge is 0.322 e. The summed E-state index contributed by atoms with van der Waals surface area (Å²) in [4.78, 5) is 33.6. The molecule has 0 aromatic heterocycles. The minimum atomic E-state index is -1.17. The Morgan fingerprint density at radius 3 is 2.21 bits per heavy atom. The van der Waals surface area contributed by atoms with E-state index in [1.807, 2.05) is 13.8 Å². The van der Waals surface area contributed by atoms with Crippen molar-refractivity contribution in [2.45, 2.75) is 32.4 Å². The summed E-state index contributed by atoms with van der Waals surface area (Å²) in [7, 11) is 0.